The van der Waals surface area contributed by atoms with Gasteiger partial charge >= 0.3 is 5.97 Å². The highest BCUT2D eigenvalue weighted by molar-refractivity contribution is 6.48. The second kappa shape index (κ2) is 8.06. The molecule has 2 rings (SSSR count). The number of nitrogens with zero attached hydrogens (tertiary/aromatic N) is 3. The first-order valence-electron chi connectivity index (χ1n) is 6.60. The van der Waals surface area contributed by atoms with E-state index in [2.05, 4.69) is 15.2 Å². The van der Waals surface area contributed by atoms with Gasteiger partial charge in [-0.3, -0.25) is 0 Å². The van der Waals surface area contributed by atoms with E-state index >= 15 is 0 Å². The molecule has 1 N–H and O–H groups in total. The molecular formula is C15H11Cl3N4O2. The third-order valence-corrected chi connectivity index (χ3v) is 4.26. The highest BCUT2D eigenvalue weighted by Gasteiger charge is 2.16. The molecule has 2 aromatic rings. The van der Waals surface area contributed by atoms with E-state index < -0.39 is 5.97 Å². The molecule has 0 atom stereocenters. The fourth-order valence-corrected chi connectivity index (χ4v) is 2.45. The van der Waals surface area contributed by atoms with E-state index in [4.69, 9.17) is 34.8 Å². The molecule has 6 nitrogen and oxygen atoms in total. The zero-order chi connectivity index (χ0) is 17.7. The Kier molecular flexibility index (Phi) is 6.10. The number of halogens is 3. The molecule has 0 spiro atoms. The zero-order valence-electron chi connectivity index (χ0n) is 12.4. The maximum Gasteiger partial charge on any atom is 0.330 e. The van der Waals surface area contributed by atoms with Crippen LogP contribution in [0.4, 0.5) is 5.82 Å². The zero-order valence-corrected chi connectivity index (χ0v) is 14.7. The Labute approximate surface area is 153 Å². The number of nitriles is 1. The lowest BCUT2D eigenvalue weighted by molar-refractivity contribution is -0.134. The summed E-state index contributed by atoms with van der Waals surface area (Å²) in [5, 5.41) is 17.1. The molecule has 0 saturated heterocycles. The van der Waals surface area contributed by atoms with Gasteiger partial charge < -0.3 is 10.1 Å². The number of hydrogen-bond acceptors (Lipinski definition) is 5. The first-order chi connectivity index (χ1) is 11.5. The maximum absolute atomic E-state index is 11.0. The van der Waals surface area contributed by atoms with Crippen LogP contribution in [0.3, 0.4) is 0 Å². The molecular weight excluding hydrogens is 375 g/mol. The van der Waals surface area contributed by atoms with Crippen molar-refractivity contribution in [3.8, 4) is 11.8 Å². The quantitative estimate of drug-likeness (QED) is 0.480. The Morgan fingerprint density at radius 3 is 2.83 bits per heavy atom. The lowest BCUT2D eigenvalue weighted by atomic mass is 10.3. The van der Waals surface area contributed by atoms with Crippen LogP contribution >= 0.6 is 34.8 Å². The summed E-state index contributed by atoms with van der Waals surface area (Å²) in [6.07, 6.45) is 4.22. The number of methoxy groups -OCH3 is 1. The van der Waals surface area contributed by atoms with Crippen molar-refractivity contribution in [2.24, 2.45) is 0 Å². The van der Waals surface area contributed by atoms with E-state index in [-0.39, 0.29) is 16.6 Å². The van der Waals surface area contributed by atoms with E-state index in [0.717, 1.165) is 0 Å². The van der Waals surface area contributed by atoms with Gasteiger partial charge in [0.1, 0.15) is 17.5 Å². The number of nitrogens with one attached hydrogen (secondary N) is 1. The fourth-order valence-electron chi connectivity index (χ4n) is 1.84. The van der Waals surface area contributed by atoms with Gasteiger partial charge in [0, 0.05) is 12.6 Å². The molecule has 1 heterocycles. The highest BCUT2D eigenvalue weighted by atomic mass is 35.5. The summed E-state index contributed by atoms with van der Waals surface area (Å²) in [5.74, 6) is -0.0642. The predicted octanol–water partition coefficient (Wildman–Crippen LogP) is 3.85. The predicted molar refractivity (Wildman–Crippen MR) is 93.0 cm³/mol. The number of hydrogen-bond donors (Lipinski definition) is 1. The van der Waals surface area contributed by atoms with Crippen LogP contribution in [0.2, 0.25) is 15.1 Å². The Bertz CT molecular complexity index is 840. The standard InChI is InChI=1S/C15H11Cl3N4O2/c1-24-12(23)3-2-6-20-15-9(7-19)8-21-22(15)11-5-4-10(16)13(17)14(11)18/h2-5,8,20H,6H2,1H3. The summed E-state index contributed by atoms with van der Waals surface area (Å²) >= 11 is 18.2. The van der Waals surface area contributed by atoms with Crippen molar-refractivity contribution in [1.29, 1.82) is 5.26 Å². The number of anilines is 1. The molecule has 9 heteroatoms. The van der Waals surface area contributed by atoms with Gasteiger partial charge in [-0.2, -0.15) is 10.4 Å². The molecule has 0 bridgehead atoms. The van der Waals surface area contributed by atoms with Crippen LogP contribution in [0.5, 0.6) is 0 Å². The summed E-state index contributed by atoms with van der Waals surface area (Å²) in [4.78, 5) is 11.0. The van der Waals surface area contributed by atoms with Gasteiger partial charge in [0.2, 0.25) is 0 Å². The average molecular weight is 386 g/mol. The van der Waals surface area contributed by atoms with Gasteiger partial charge in [0.05, 0.1) is 34.1 Å². The van der Waals surface area contributed by atoms with Crippen molar-refractivity contribution in [3.05, 3.63) is 51.1 Å². The molecule has 1 aromatic heterocycles. The number of aromatic nitrogens is 2. The number of carbonyl (C=O) groups excluding carboxylic acids is 1. The Morgan fingerprint density at radius 2 is 2.17 bits per heavy atom. The molecule has 0 amide bonds. The number of benzene rings is 1. The van der Waals surface area contributed by atoms with E-state index in [1.807, 2.05) is 6.07 Å². The first-order valence-corrected chi connectivity index (χ1v) is 7.73. The monoisotopic (exact) mass is 384 g/mol. The number of rotatable bonds is 5. The smallest absolute Gasteiger partial charge is 0.330 e. The minimum Gasteiger partial charge on any atom is -0.466 e. The van der Waals surface area contributed by atoms with Crippen LogP contribution in [0.1, 0.15) is 5.56 Å². The van der Waals surface area contributed by atoms with Crippen molar-refractivity contribution in [2.75, 3.05) is 19.0 Å². The van der Waals surface area contributed by atoms with Crippen molar-refractivity contribution < 1.29 is 9.53 Å². The molecule has 0 aliphatic heterocycles. The molecule has 0 radical (unpaired) electrons. The Morgan fingerprint density at radius 1 is 1.42 bits per heavy atom. The molecule has 0 unspecified atom stereocenters. The number of carbonyl (C=O) groups is 1. The van der Waals surface area contributed by atoms with Gasteiger partial charge in [-0.05, 0) is 12.1 Å². The van der Waals surface area contributed by atoms with Crippen LogP contribution in [-0.4, -0.2) is 29.4 Å². The summed E-state index contributed by atoms with van der Waals surface area (Å²) in [7, 11) is 1.29. The van der Waals surface area contributed by atoms with E-state index in [9.17, 15) is 10.1 Å². The fraction of sp³-hybridized carbons (Fsp3) is 0.133. The topological polar surface area (TPSA) is 79.9 Å². The van der Waals surface area contributed by atoms with Gasteiger partial charge in [-0.15, -0.1) is 0 Å². The lowest BCUT2D eigenvalue weighted by Crippen LogP contribution is -2.08. The molecule has 0 fully saturated rings. The van der Waals surface area contributed by atoms with Crippen LogP contribution in [0.15, 0.2) is 30.5 Å². The first kappa shape index (κ1) is 18.1. The molecule has 1 aromatic carbocycles. The van der Waals surface area contributed by atoms with Crippen molar-refractivity contribution in [3.63, 3.8) is 0 Å². The molecule has 0 aliphatic rings. The van der Waals surface area contributed by atoms with Crippen LogP contribution in [-0.2, 0) is 9.53 Å². The second-order valence-corrected chi connectivity index (χ2v) is 5.59. The van der Waals surface area contributed by atoms with Gasteiger partial charge in [-0.1, -0.05) is 40.9 Å². The summed E-state index contributed by atoms with van der Waals surface area (Å²) < 4.78 is 5.94. The lowest BCUT2D eigenvalue weighted by Gasteiger charge is -2.12. The van der Waals surface area contributed by atoms with E-state index in [1.54, 1.807) is 18.2 Å². The minimum atomic E-state index is -0.474. The van der Waals surface area contributed by atoms with Gasteiger partial charge in [0.15, 0.2) is 0 Å². The summed E-state index contributed by atoms with van der Waals surface area (Å²) in [6.45, 7) is 0.272. The maximum atomic E-state index is 11.0. The van der Waals surface area contributed by atoms with E-state index in [0.29, 0.717) is 22.1 Å². The Hall–Kier alpha value is -2.20. The second-order valence-electron chi connectivity index (χ2n) is 4.43. The molecule has 0 aliphatic carbocycles. The van der Waals surface area contributed by atoms with Gasteiger partial charge in [-0.25, -0.2) is 9.48 Å². The third kappa shape index (κ3) is 3.82. The van der Waals surface area contributed by atoms with Crippen LogP contribution < -0.4 is 5.32 Å². The summed E-state index contributed by atoms with van der Waals surface area (Å²) in [6, 6.07) is 5.25. The normalized spacial score (nSPS) is 10.6. The van der Waals surface area contributed by atoms with E-state index in [1.165, 1.54) is 24.1 Å². The SMILES string of the molecule is COC(=O)C=CCNc1c(C#N)cnn1-c1ccc(Cl)c(Cl)c1Cl. The number of ether oxygens (including phenoxy) is 1. The van der Waals surface area contributed by atoms with Crippen LogP contribution in [0, 0.1) is 11.3 Å². The van der Waals surface area contributed by atoms with Crippen molar-refractivity contribution in [1.82, 2.24) is 9.78 Å². The average Bonchev–Trinajstić information content (AvgIpc) is 2.99. The Balaban J connectivity index is 2.35. The molecule has 124 valence electrons. The van der Waals surface area contributed by atoms with Gasteiger partial charge in [0.25, 0.3) is 0 Å². The molecule has 0 saturated carbocycles. The largest absolute Gasteiger partial charge is 0.466 e. The third-order valence-electron chi connectivity index (χ3n) is 2.98. The summed E-state index contributed by atoms with van der Waals surface area (Å²) in [5.41, 5.74) is 0.774. The van der Waals surface area contributed by atoms with Crippen molar-refractivity contribution >= 4 is 46.6 Å². The molecule has 24 heavy (non-hydrogen) atoms. The van der Waals surface area contributed by atoms with Crippen molar-refractivity contribution in [2.45, 2.75) is 0 Å². The highest BCUT2D eigenvalue weighted by Crippen LogP contribution is 2.35. The number of esters is 1. The van der Waals surface area contributed by atoms with Crippen LogP contribution in [0.25, 0.3) is 5.69 Å². The minimum absolute atomic E-state index is 0.196.